The Morgan fingerprint density at radius 3 is 1.70 bits per heavy atom. The van der Waals surface area contributed by atoms with Crippen LogP contribution < -0.4 is 4.74 Å². The van der Waals surface area contributed by atoms with Crippen LogP contribution >= 0.6 is 22.3 Å². The van der Waals surface area contributed by atoms with Crippen LogP contribution in [0.2, 0.25) is 0 Å². The van der Waals surface area contributed by atoms with Gasteiger partial charge in [0, 0.05) is 22.3 Å². The first-order valence-electron chi connectivity index (χ1n) is 5.31. The highest BCUT2D eigenvalue weighted by Crippen LogP contribution is 2.12. The average molecular weight is 333 g/mol. The maximum absolute atomic E-state index is 10.6. The number of halogens is 2. The summed E-state index contributed by atoms with van der Waals surface area (Å²) in [5.74, 6) is 0.461. The lowest BCUT2D eigenvalue weighted by atomic mass is 10.3. The van der Waals surface area contributed by atoms with Gasteiger partial charge in [0.05, 0.1) is 4.90 Å². The third kappa shape index (κ3) is 6.56. The van der Waals surface area contributed by atoms with E-state index in [1.807, 2.05) is 6.07 Å². The van der Waals surface area contributed by atoms with E-state index in [4.69, 9.17) is 22.3 Å². The second-order valence-electron chi connectivity index (χ2n) is 3.40. The summed E-state index contributed by atoms with van der Waals surface area (Å²) in [5, 5.41) is 0. The second kappa shape index (κ2) is 7.89. The van der Waals surface area contributed by atoms with Crippen molar-refractivity contribution in [2.45, 2.75) is 4.90 Å². The third-order valence-electron chi connectivity index (χ3n) is 1.97. The van der Waals surface area contributed by atoms with Crippen LogP contribution in [0.4, 0.5) is 4.79 Å². The first-order chi connectivity index (χ1) is 9.39. The number of rotatable bonds is 2. The van der Waals surface area contributed by atoms with Crippen molar-refractivity contribution in [3.8, 4) is 5.75 Å². The van der Waals surface area contributed by atoms with Crippen LogP contribution in [0.1, 0.15) is 0 Å². The minimum atomic E-state index is -3.53. The van der Waals surface area contributed by atoms with Crippen LogP contribution in [-0.4, -0.2) is 13.8 Å². The molecule has 0 atom stereocenters. The van der Waals surface area contributed by atoms with E-state index < -0.39 is 14.5 Å². The standard InChI is InChI=1S/C7H5ClO2.C6H5ClO2S/c8-7(9)10-6-4-2-1-3-5-6;7-10(8,9)6-4-2-1-3-5-6/h2*1-5H. The molecule has 0 fully saturated rings. The maximum Gasteiger partial charge on any atom is 0.409 e. The third-order valence-corrected chi connectivity index (χ3v) is 3.41. The van der Waals surface area contributed by atoms with Gasteiger partial charge in [-0.1, -0.05) is 36.4 Å². The lowest BCUT2D eigenvalue weighted by molar-refractivity contribution is 0.225. The predicted molar refractivity (Wildman–Crippen MR) is 77.8 cm³/mol. The van der Waals surface area contributed by atoms with Crippen LogP contribution in [0.5, 0.6) is 5.75 Å². The van der Waals surface area contributed by atoms with Gasteiger partial charge in [-0.25, -0.2) is 13.2 Å². The van der Waals surface area contributed by atoms with E-state index in [-0.39, 0.29) is 4.90 Å². The molecule has 2 aromatic rings. The van der Waals surface area contributed by atoms with Crippen LogP contribution in [-0.2, 0) is 9.05 Å². The quantitative estimate of drug-likeness (QED) is 0.778. The van der Waals surface area contributed by atoms with Crippen molar-refractivity contribution in [1.29, 1.82) is 0 Å². The van der Waals surface area contributed by atoms with Gasteiger partial charge in [0.1, 0.15) is 5.75 Å². The van der Waals surface area contributed by atoms with E-state index in [1.54, 1.807) is 42.5 Å². The number of hydrogen-bond acceptors (Lipinski definition) is 4. The Labute approximate surface area is 126 Å². The summed E-state index contributed by atoms with van der Waals surface area (Å²) in [7, 11) is 1.50. The van der Waals surface area contributed by atoms with E-state index >= 15 is 0 Å². The molecule has 0 saturated carbocycles. The zero-order chi connectivity index (χ0) is 15.0. The highest BCUT2D eigenvalue weighted by Gasteiger charge is 2.06. The molecule has 0 N–H and O–H groups in total. The Balaban J connectivity index is 0.000000200. The number of carbonyl (C=O) groups excluding carboxylic acids is 1. The molecule has 20 heavy (non-hydrogen) atoms. The van der Waals surface area contributed by atoms with Gasteiger partial charge in [0.15, 0.2) is 0 Å². The summed E-state index contributed by atoms with van der Waals surface area (Å²) in [5.41, 5.74) is -0.814. The van der Waals surface area contributed by atoms with Crippen molar-refractivity contribution >= 4 is 36.8 Å². The minimum Gasteiger partial charge on any atom is -0.415 e. The van der Waals surface area contributed by atoms with Crippen molar-refractivity contribution in [3.05, 3.63) is 60.7 Å². The van der Waals surface area contributed by atoms with Crippen LogP contribution in [0.3, 0.4) is 0 Å². The summed E-state index contributed by atoms with van der Waals surface area (Å²) in [6.07, 6.45) is 0. The van der Waals surface area contributed by atoms with Crippen molar-refractivity contribution in [1.82, 2.24) is 0 Å². The second-order valence-corrected chi connectivity index (χ2v) is 6.28. The molecule has 0 radical (unpaired) electrons. The fourth-order valence-electron chi connectivity index (χ4n) is 1.16. The van der Waals surface area contributed by atoms with Gasteiger partial charge < -0.3 is 4.74 Å². The van der Waals surface area contributed by atoms with Gasteiger partial charge in [-0.2, -0.15) is 0 Å². The number of benzene rings is 2. The van der Waals surface area contributed by atoms with Crippen LogP contribution in [0, 0.1) is 0 Å². The first kappa shape index (κ1) is 16.5. The fourth-order valence-corrected chi connectivity index (χ4v) is 2.04. The first-order valence-corrected chi connectivity index (χ1v) is 8.00. The maximum atomic E-state index is 10.6. The highest BCUT2D eigenvalue weighted by molar-refractivity contribution is 8.13. The molecule has 0 aliphatic carbocycles. The van der Waals surface area contributed by atoms with E-state index in [2.05, 4.69) is 4.74 Å². The highest BCUT2D eigenvalue weighted by atomic mass is 35.7. The van der Waals surface area contributed by atoms with Gasteiger partial charge >= 0.3 is 5.43 Å². The molecule has 0 heterocycles. The molecule has 0 bridgehead atoms. The van der Waals surface area contributed by atoms with E-state index in [0.29, 0.717) is 5.75 Å². The summed E-state index contributed by atoms with van der Waals surface area (Å²) in [4.78, 5) is 10.3. The van der Waals surface area contributed by atoms with Crippen molar-refractivity contribution in [3.63, 3.8) is 0 Å². The molecule has 2 aromatic carbocycles. The molecule has 0 amide bonds. The topological polar surface area (TPSA) is 60.4 Å². The van der Waals surface area contributed by atoms with Gasteiger partial charge in [-0.15, -0.1) is 0 Å². The Morgan fingerprint density at radius 2 is 1.35 bits per heavy atom. The Kier molecular flexibility index (Phi) is 6.51. The Hall–Kier alpha value is -1.56. The minimum absolute atomic E-state index is 0.136. The fraction of sp³-hybridized carbons (Fsp3) is 0. The molecule has 0 spiro atoms. The Morgan fingerprint density at radius 1 is 0.900 bits per heavy atom. The van der Waals surface area contributed by atoms with E-state index in [0.717, 1.165) is 0 Å². The van der Waals surface area contributed by atoms with Crippen LogP contribution in [0.25, 0.3) is 0 Å². The summed E-state index contributed by atoms with van der Waals surface area (Å²) in [6, 6.07) is 16.5. The molecule has 0 aliphatic heterocycles. The molecule has 2 rings (SSSR count). The Bertz CT molecular complexity index is 643. The van der Waals surface area contributed by atoms with Gasteiger partial charge in [-0.05, 0) is 24.3 Å². The zero-order valence-corrected chi connectivity index (χ0v) is 12.4. The molecule has 0 saturated heterocycles. The largest absolute Gasteiger partial charge is 0.415 e. The van der Waals surface area contributed by atoms with Crippen molar-refractivity contribution in [2.75, 3.05) is 0 Å². The normalized spacial score (nSPS) is 10.1. The smallest absolute Gasteiger partial charge is 0.409 e. The van der Waals surface area contributed by atoms with Crippen LogP contribution in [0.15, 0.2) is 65.6 Å². The van der Waals surface area contributed by atoms with Gasteiger partial charge in [-0.3, -0.25) is 0 Å². The van der Waals surface area contributed by atoms with Gasteiger partial charge in [0.2, 0.25) is 0 Å². The molecular formula is C13H10Cl2O4S. The lowest BCUT2D eigenvalue weighted by Crippen LogP contribution is -1.94. The number of para-hydroxylation sites is 1. The summed E-state index contributed by atoms with van der Waals surface area (Å²) >= 11 is 4.95. The van der Waals surface area contributed by atoms with Crippen molar-refractivity contribution in [2.24, 2.45) is 0 Å². The lowest BCUT2D eigenvalue weighted by Gasteiger charge is -1.95. The molecule has 4 nitrogen and oxygen atoms in total. The summed E-state index contributed by atoms with van der Waals surface area (Å²) in [6.45, 7) is 0. The van der Waals surface area contributed by atoms with Gasteiger partial charge in [0.25, 0.3) is 9.05 Å². The van der Waals surface area contributed by atoms with E-state index in [1.165, 1.54) is 12.1 Å². The van der Waals surface area contributed by atoms with Crippen molar-refractivity contribution < 1.29 is 17.9 Å². The monoisotopic (exact) mass is 332 g/mol. The average Bonchev–Trinajstić information content (AvgIpc) is 2.40. The SMILES string of the molecule is O=C(Cl)Oc1ccccc1.O=S(=O)(Cl)c1ccccc1. The molecule has 106 valence electrons. The molecule has 0 unspecified atom stereocenters. The molecule has 7 heteroatoms. The predicted octanol–water partition coefficient (Wildman–Crippen LogP) is 4.04. The number of ether oxygens (including phenoxy) is 1. The summed E-state index contributed by atoms with van der Waals surface area (Å²) < 4.78 is 25.7. The number of carbonyl (C=O) groups is 1. The molecular weight excluding hydrogens is 323 g/mol. The molecule has 0 aliphatic rings. The zero-order valence-electron chi connectivity index (χ0n) is 10.1. The molecule has 0 aromatic heterocycles. The van der Waals surface area contributed by atoms with E-state index in [9.17, 15) is 13.2 Å². The number of hydrogen-bond donors (Lipinski definition) is 0.